The van der Waals surface area contributed by atoms with Gasteiger partial charge in [0.1, 0.15) is 14.7 Å². The molecule has 0 bridgehead atoms. The highest BCUT2D eigenvalue weighted by Gasteiger charge is 2.55. The summed E-state index contributed by atoms with van der Waals surface area (Å²) in [5.41, 5.74) is 17.8. The summed E-state index contributed by atoms with van der Waals surface area (Å²) in [6.45, 7) is 15.5. The van der Waals surface area contributed by atoms with E-state index in [0.29, 0.717) is 43.5 Å². The van der Waals surface area contributed by atoms with Crippen molar-refractivity contribution in [3.05, 3.63) is 255 Å². The molecule has 3 aliphatic carbocycles. The van der Waals surface area contributed by atoms with Crippen LogP contribution in [0, 0.1) is 41.1 Å². The monoisotopic (exact) mass is 1020 g/mol. The van der Waals surface area contributed by atoms with Gasteiger partial charge in [0, 0.05) is 39.0 Å². The molecule has 0 radical (unpaired) electrons. The molecule has 7 aromatic carbocycles. The van der Waals surface area contributed by atoms with Crippen LogP contribution in [-0.2, 0) is 26.9 Å². The molecular formula is C70H64O4Si2. The van der Waals surface area contributed by atoms with E-state index in [1.54, 1.807) is 6.07 Å². The Bertz CT molecular complexity index is 3490. The zero-order chi connectivity index (χ0) is 52.9. The molecule has 4 nitrogen and oxygen atoms in total. The van der Waals surface area contributed by atoms with Crippen LogP contribution in [0.2, 0.25) is 39.3 Å². The Labute approximate surface area is 452 Å². The molecule has 376 valence electrons. The third-order valence-corrected chi connectivity index (χ3v) is 18.0. The number of carbonyl (C=O) groups is 2. The average Bonchev–Trinajstić information content (AvgIpc) is 4.41. The summed E-state index contributed by atoms with van der Waals surface area (Å²) in [5.74, 6) is 15.0. The van der Waals surface area contributed by atoms with Crippen LogP contribution >= 0.6 is 0 Å². The lowest BCUT2D eigenvalue weighted by atomic mass is 9.84. The molecule has 7 aromatic rings. The first-order chi connectivity index (χ1) is 36.8. The summed E-state index contributed by atoms with van der Waals surface area (Å²) in [7, 11) is -3.48. The smallest absolute Gasteiger partial charge is 0.236 e. The van der Waals surface area contributed by atoms with Crippen molar-refractivity contribution in [2.24, 2.45) is 5.92 Å². The first-order valence-corrected chi connectivity index (χ1v) is 33.5. The SMILES string of the molecule is C[Si](C)(C)C#CC(=O)c1ccccc1C#CC#CCOC/C=C/C1CC1(c1ccccc1)c1ccccc1.C[Si](C)(C)c1c2c(cc3c1C(=O)c1ccccc1-3)C(/C=C1\CC1(c1ccccc1)c1ccccc1)COC2. The van der Waals surface area contributed by atoms with Crippen LogP contribution < -0.4 is 5.19 Å². The van der Waals surface area contributed by atoms with E-state index in [9.17, 15) is 9.59 Å². The van der Waals surface area contributed by atoms with Crippen molar-refractivity contribution in [2.75, 3.05) is 19.8 Å². The van der Waals surface area contributed by atoms with Gasteiger partial charge in [-0.2, -0.15) is 0 Å². The maximum atomic E-state index is 13.7. The van der Waals surface area contributed by atoms with Gasteiger partial charge in [-0.25, -0.2) is 0 Å². The minimum atomic E-state index is -1.86. The third kappa shape index (κ3) is 10.8. The second-order valence-electron chi connectivity index (χ2n) is 22.4. The average molecular weight is 1030 g/mol. The number of ketones is 2. The predicted molar refractivity (Wildman–Crippen MR) is 315 cm³/mol. The molecule has 6 heteroatoms. The van der Waals surface area contributed by atoms with E-state index in [-0.39, 0.29) is 28.3 Å². The van der Waals surface area contributed by atoms with Crippen molar-refractivity contribution in [2.45, 2.75) is 75.5 Å². The molecule has 2 fully saturated rings. The van der Waals surface area contributed by atoms with Crippen molar-refractivity contribution < 1.29 is 19.1 Å². The Morgan fingerprint density at radius 3 is 1.89 bits per heavy atom. The summed E-state index contributed by atoms with van der Waals surface area (Å²) in [6.07, 6.45) is 8.98. The molecule has 2 atom stereocenters. The predicted octanol–water partition coefficient (Wildman–Crippen LogP) is 14.1. The summed E-state index contributed by atoms with van der Waals surface area (Å²) >= 11 is 0. The van der Waals surface area contributed by atoms with Gasteiger partial charge in [-0.05, 0) is 104 Å². The van der Waals surface area contributed by atoms with Gasteiger partial charge < -0.3 is 9.47 Å². The highest BCUT2D eigenvalue weighted by Crippen LogP contribution is 2.60. The van der Waals surface area contributed by atoms with Crippen LogP contribution in [0.4, 0.5) is 0 Å². The van der Waals surface area contributed by atoms with Gasteiger partial charge >= 0.3 is 0 Å². The van der Waals surface area contributed by atoms with Gasteiger partial charge in [0.25, 0.3) is 0 Å². The van der Waals surface area contributed by atoms with Gasteiger partial charge in [0.15, 0.2) is 5.78 Å². The Balaban J connectivity index is 0.000000173. The molecule has 0 N–H and O–H groups in total. The fourth-order valence-corrected chi connectivity index (χ4v) is 14.1. The summed E-state index contributed by atoms with van der Waals surface area (Å²) in [5, 5.41) is 1.29. The number of hydrogen-bond acceptors (Lipinski definition) is 4. The largest absolute Gasteiger partial charge is 0.376 e. The van der Waals surface area contributed by atoms with E-state index in [2.05, 4.69) is 232 Å². The number of hydrogen-bond donors (Lipinski definition) is 0. The number of ether oxygens (including phenoxy) is 2. The lowest BCUT2D eigenvalue weighted by molar-refractivity contribution is 0.101. The molecule has 0 aromatic heterocycles. The summed E-state index contributed by atoms with van der Waals surface area (Å²) < 4.78 is 12.0. The van der Waals surface area contributed by atoms with Gasteiger partial charge in [0.2, 0.25) is 5.78 Å². The fraction of sp³-hybridized carbons (Fsp3) is 0.229. The van der Waals surface area contributed by atoms with Crippen molar-refractivity contribution >= 4 is 32.9 Å². The van der Waals surface area contributed by atoms with Crippen molar-refractivity contribution in [3.63, 3.8) is 0 Å². The number of Topliss-reactive ketones (excluding diaryl/α,β-unsaturated/α-hetero) is 1. The molecule has 4 aliphatic rings. The van der Waals surface area contributed by atoms with Crippen LogP contribution in [0.3, 0.4) is 0 Å². The molecule has 0 amide bonds. The van der Waals surface area contributed by atoms with E-state index in [1.165, 1.54) is 44.1 Å². The molecule has 0 saturated heterocycles. The lowest BCUT2D eigenvalue weighted by Gasteiger charge is -2.32. The molecule has 2 unspecified atom stereocenters. The number of fused-ring (bicyclic) bond motifs is 4. The van der Waals surface area contributed by atoms with Gasteiger partial charge in [-0.1, -0.05) is 233 Å². The Morgan fingerprint density at radius 2 is 1.28 bits per heavy atom. The van der Waals surface area contributed by atoms with Crippen LogP contribution in [0.15, 0.2) is 200 Å². The Kier molecular flexibility index (Phi) is 15.0. The summed E-state index contributed by atoms with van der Waals surface area (Å²) in [6, 6.07) is 61.0. The maximum Gasteiger partial charge on any atom is 0.236 e. The molecule has 2 saturated carbocycles. The van der Waals surface area contributed by atoms with Crippen molar-refractivity contribution in [1.29, 1.82) is 0 Å². The highest BCUT2D eigenvalue weighted by atomic mass is 28.3. The second-order valence-corrected chi connectivity index (χ2v) is 32.1. The quantitative estimate of drug-likeness (QED) is 0.0426. The second kappa shape index (κ2) is 21.9. The minimum Gasteiger partial charge on any atom is -0.376 e. The van der Waals surface area contributed by atoms with Gasteiger partial charge in [-0.15, -0.1) is 5.54 Å². The maximum absolute atomic E-state index is 13.7. The third-order valence-electron chi connectivity index (χ3n) is 15.1. The van der Waals surface area contributed by atoms with Crippen molar-refractivity contribution in [3.8, 4) is 46.3 Å². The number of carbonyl (C=O) groups excluding carboxylic acids is 2. The normalized spacial score (nSPS) is 17.7. The van der Waals surface area contributed by atoms with Crippen molar-refractivity contribution in [1.82, 2.24) is 0 Å². The first-order valence-electron chi connectivity index (χ1n) is 26.5. The van der Waals surface area contributed by atoms with Crippen LogP contribution in [0.5, 0.6) is 0 Å². The van der Waals surface area contributed by atoms with E-state index in [4.69, 9.17) is 9.47 Å². The van der Waals surface area contributed by atoms with E-state index < -0.39 is 16.1 Å². The van der Waals surface area contributed by atoms with E-state index >= 15 is 0 Å². The summed E-state index contributed by atoms with van der Waals surface area (Å²) in [4.78, 5) is 26.2. The lowest BCUT2D eigenvalue weighted by Crippen LogP contribution is -2.45. The molecule has 0 spiro atoms. The highest BCUT2D eigenvalue weighted by molar-refractivity contribution is 6.90. The number of rotatable bonds is 11. The van der Waals surface area contributed by atoms with Crippen LogP contribution in [0.1, 0.15) is 84.0 Å². The zero-order valence-corrected chi connectivity index (χ0v) is 46.5. The standard InChI is InChI=1S/2C35H32O2Si/c1-38(2,3)34-31-22-37-21-23(29(31)19-30-27-16-10-11-17-28(27)33(36)32(30)34)18-26-20-35(26,24-12-6-4-7-13-24)25-14-8-5-9-15-25;1-38(2,3)27-24-34(36)33-23-13-12-17-29(33)16-7-6-14-25-37-26-15-22-32-28-35(32,30-18-8-4-9-19-30)31-20-10-5-11-21-31/h4-19,23H,20-22H2,1-3H3;4-5,8-13,15,17-23,32H,25-26,28H2,1-3H3/b26-18+;22-15+. The molecule has 1 heterocycles. The molecule has 1 aliphatic heterocycles. The first kappa shape index (κ1) is 51.9. The Morgan fingerprint density at radius 1 is 0.697 bits per heavy atom. The minimum absolute atomic E-state index is 0.0480. The van der Waals surface area contributed by atoms with E-state index in [0.717, 1.165) is 35.1 Å². The fourth-order valence-electron chi connectivity index (χ4n) is 11.4. The molecule has 76 heavy (non-hydrogen) atoms. The topological polar surface area (TPSA) is 52.6 Å². The Hall–Kier alpha value is -7.61. The number of benzene rings is 7. The molecule has 11 rings (SSSR count). The van der Waals surface area contributed by atoms with Gasteiger partial charge in [-0.3, -0.25) is 9.59 Å². The number of allylic oxidation sites excluding steroid dienone is 2. The van der Waals surface area contributed by atoms with Crippen LogP contribution in [-0.4, -0.2) is 47.5 Å². The van der Waals surface area contributed by atoms with Gasteiger partial charge in [0.05, 0.1) is 27.9 Å². The molecular weight excluding hydrogens is 961 g/mol. The van der Waals surface area contributed by atoms with E-state index in [1.807, 2.05) is 30.3 Å². The van der Waals surface area contributed by atoms with Crippen LogP contribution in [0.25, 0.3) is 11.1 Å². The zero-order valence-electron chi connectivity index (χ0n) is 44.5.